The van der Waals surface area contributed by atoms with Crippen LogP contribution in [0.4, 0.5) is 4.39 Å². The van der Waals surface area contributed by atoms with Crippen molar-refractivity contribution in [1.82, 2.24) is 0 Å². The van der Waals surface area contributed by atoms with Crippen molar-refractivity contribution in [2.45, 2.75) is 6.42 Å². The van der Waals surface area contributed by atoms with Gasteiger partial charge in [0.25, 0.3) is 0 Å². The average Bonchev–Trinajstić information content (AvgIpc) is 2.01. The lowest BCUT2D eigenvalue weighted by molar-refractivity contribution is 0.299. The number of hydrogen-bond acceptors (Lipinski definition) is 2. The van der Waals surface area contributed by atoms with E-state index in [0.717, 1.165) is 0 Å². The zero-order valence-corrected chi connectivity index (χ0v) is 7.81. The lowest BCUT2D eigenvalue weighted by Crippen LogP contribution is -1.92. The standard InChI is InChI=1S/C8H8BrFO2/c9-6-3-5(1-2-11)4-7(10)8(6)12/h3-4,11-12H,1-2H2. The van der Waals surface area contributed by atoms with E-state index in [1.807, 2.05) is 0 Å². The Hall–Kier alpha value is -0.610. The van der Waals surface area contributed by atoms with Crippen LogP contribution in [0.3, 0.4) is 0 Å². The maximum Gasteiger partial charge on any atom is 0.166 e. The predicted molar refractivity (Wildman–Crippen MR) is 46.6 cm³/mol. The highest BCUT2D eigenvalue weighted by molar-refractivity contribution is 9.10. The Morgan fingerprint density at radius 1 is 1.42 bits per heavy atom. The molecule has 2 nitrogen and oxygen atoms in total. The monoisotopic (exact) mass is 234 g/mol. The molecule has 0 heterocycles. The average molecular weight is 235 g/mol. The summed E-state index contributed by atoms with van der Waals surface area (Å²) in [6.45, 7) is -0.0311. The van der Waals surface area contributed by atoms with E-state index in [4.69, 9.17) is 10.2 Å². The molecule has 0 aliphatic rings. The summed E-state index contributed by atoms with van der Waals surface area (Å²) in [7, 11) is 0. The summed E-state index contributed by atoms with van der Waals surface area (Å²) in [4.78, 5) is 0. The molecular weight excluding hydrogens is 227 g/mol. The van der Waals surface area contributed by atoms with Crippen LogP contribution in [0, 0.1) is 5.82 Å². The first kappa shape index (κ1) is 9.48. The van der Waals surface area contributed by atoms with Crippen molar-refractivity contribution in [3.8, 4) is 5.75 Å². The van der Waals surface area contributed by atoms with Gasteiger partial charge in [-0.3, -0.25) is 0 Å². The first-order valence-corrected chi connectivity index (χ1v) is 4.22. The fourth-order valence-electron chi connectivity index (χ4n) is 0.891. The van der Waals surface area contributed by atoms with Crippen LogP contribution in [0.1, 0.15) is 5.56 Å². The van der Waals surface area contributed by atoms with Gasteiger partial charge in [0.15, 0.2) is 11.6 Å². The van der Waals surface area contributed by atoms with E-state index in [-0.39, 0.29) is 6.61 Å². The molecular formula is C8H8BrFO2. The number of halogens is 2. The van der Waals surface area contributed by atoms with Gasteiger partial charge in [0.05, 0.1) is 4.47 Å². The molecule has 0 radical (unpaired) electrons. The van der Waals surface area contributed by atoms with E-state index in [1.165, 1.54) is 6.07 Å². The fraction of sp³-hybridized carbons (Fsp3) is 0.250. The molecule has 0 amide bonds. The van der Waals surface area contributed by atoms with Gasteiger partial charge in [-0.05, 0) is 40.0 Å². The van der Waals surface area contributed by atoms with Crippen LogP contribution >= 0.6 is 15.9 Å². The minimum Gasteiger partial charge on any atom is -0.504 e. The Balaban J connectivity index is 3.04. The number of phenols is 1. The van der Waals surface area contributed by atoms with Crippen LogP contribution in [-0.4, -0.2) is 16.8 Å². The quantitative estimate of drug-likeness (QED) is 0.820. The van der Waals surface area contributed by atoms with Gasteiger partial charge in [-0.1, -0.05) is 0 Å². The molecule has 0 atom stereocenters. The topological polar surface area (TPSA) is 40.5 Å². The lowest BCUT2D eigenvalue weighted by Gasteiger charge is -2.02. The normalized spacial score (nSPS) is 10.2. The van der Waals surface area contributed by atoms with Crippen molar-refractivity contribution in [2.24, 2.45) is 0 Å². The zero-order valence-electron chi connectivity index (χ0n) is 6.22. The largest absolute Gasteiger partial charge is 0.504 e. The molecule has 2 N–H and O–H groups in total. The molecule has 0 aliphatic heterocycles. The minimum absolute atomic E-state index is 0.0311. The molecule has 1 aromatic carbocycles. The summed E-state index contributed by atoms with van der Waals surface area (Å²) >= 11 is 3.00. The van der Waals surface area contributed by atoms with E-state index in [1.54, 1.807) is 6.07 Å². The molecule has 0 fully saturated rings. The van der Waals surface area contributed by atoms with Crippen LogP contribution < -0.4 is 0 Å². The van der Waals surface area contributed by atoms with Gasteiger partial charge in [0.1, 0.15) is 0 Å². The highest BCUT2D eigenvalue weighted by atomic mass is 79.9. The van der Waals surface area contributed by atoms with Crippen molar-refractivity contribution in [3.05, 3.63) is 28.0 Å². The van der Waals surface area contributed by atoms with Gasteiger partial charge >= 0.3 is 0 Å². The van der Waals surface area contributed by atoms with Crippen molar-refractivity contribution >= 4 is 15.9 Å². The first-order valence-electron chi connectivity index (χ1n) is 3.43. The van der Waals surface area contributed by atoms with Gasteiger partial charge in [-0.25, -0.2) is 4.39 Å². The predicted octanol–water partition coefficient (Wildman–Crippen LogP) is 1.83. The number of benzene rings is 1. The number of phenolic OH excluding ortho intramolecular Hbond substituents is 1. The third kappa shape index (κ3) is 1.95. The minimum atomic E-state index is -0.673. The maximum absolute atomic E-state index is 12.8. The van der Waals surface area contributed by atoms with Gasteiger partial charge in [-0.2, -0.15) is 0 Å². The summed E-state index contributed by atoms with van der Waals surface area (Å²) in [6.07, 6.45) is 0.385. The van der Waals surface area contributed by atoms with Gasteiger partial charge < -0.3 is 10.2 Å². The highest BCUT2D eigenvalue weighted by Gasteiger charge is 2.06. The third-order valence-corrected chi connectivity index (χ3v) is 2.08. The van der Waals surface area contributed by atoms with Gasteiger partial charge in [0.2, 0.25) is 0 Å². The second-order valence-corrected chi connectivity index (χ2v) is 3.24. The molecule has 66 valence electrons. The zero-order chi connectivity index (χ0) is 9.14. The molecule has 0 spiro atoms. The molecule has 12 heavy (non-hydrogen) atoms. The number of rotatable bonds is 2. The van der Waals surface area contributed by atoms with E-state index in [2.05, 4.69) is 15.9 Å². The summed E-state index contributed by atoms with van der Waals surface area (Å²) < 4.78 is 13.1. The second kappa shape index (κ2) is 3.87. The Morgan fingerprint density at radius 3 is 2.58 bits per heavy atom. The molecule has 0 aromatic heterocycles. The van der Waals surface area contributed by atoms with Crippen molar-refractivity contribution in [2.75, 3.05) is 6.61 Å². The fourth-order valence-corrected chi connectivity index (χ4v) is 1.37. The van der Waals surface area contributed by atoms with Crippen molar-refractivity contribution in [1.29, 1.82) is 0 Å². The van der Waals surface area contributed by atoms with E-state index < -0.39 is 11.6 Å². The highest BCUT2D eigenvalue weighted by Crippen LogP contribution is 2.28. The number of aliphatic hydroxyl groups excluding tert-OH is 1. The number of aromatic hydroxyl groups is 1. The van der Waals surface area contributed by atoms with Crippen LogP contribution in [0.25, 0.3) is 0 Å². The van der Waals surface area contributed by atoms with Gasteiger partial charge in [-0.15, -0.1) is 0 Å². The Labute approximate surface area is 77.8 Å². The van der Waals surface area contributed by atoms with Crippen LogP contribution in [-0.2, 0) is 6.42 Å². The van der Waals surface area contributed by atoms with Crippen LogP contribution in [0.5, 0.6) is 5.75 Å². The Kier molecular flexibility index (Phi) is 3.05. The summed E-state index contributed by atoms with van der Waals surface area (Å²) in [5.74, 6) is -1.07. The Bertz CT molecular complexity index is 265. The van der Waals surface area contributed by atoms with Crippen LogP contribution in [0.15, 0.2) is 16.6 Å². The molecule has 0 bridgehead atoms. The molecule has 1 aromatic rings. The second-order valence-electron chi connectivity index (χ2n) is 2.38. The molecule has 1 rings (SSSR count). The van der Waals surface area contributed by atoms with E-state index in [9.17, 15) is 4.39 Å². The number of hydrogen-bond donors (Lipinski definition) is 2. The molecule has 0 unspecified atom stereocenters. The smallest absolute Gasteiger partial charge is 0.166 e. The molecule has 0 saturated heterocycles. The molecule has 0 saturated carbocycles. The Morgan fingerprint density at radius 2 is 2.08 bits per heavy atom. The molecule has 0 aliphatic carbocycles. The van der Waals surface area contributed by atoms with Crippen molar-refractivity contribution in [3.63, 3.8) is 0 Å². The lowest BCUT2D eigenvalue weighted by atomic mass is 10.1. The summed E-state index contributed by atoms with van der Waals surface area (Å²) in [5.41, 5.74) is 0.652. The SMILES string of the molecule is OCCc1cc(F)c(O)c(Br)c1. The van der Waals surface area contributed by atoms with Crippen LogP contribution in [0.2, 0.25) is 0 Å². The maximum atomic E-state index is 12.8. The van der Waals surface area contributed by atoms with Gasteiger partial charge in [0, 0.05) is 6.61 Å². The molecule has 4 heteroatoms. The third-order valence-electron chi connectivity index (χ3n) is 1.48. The van der Waals surface area contributed by atoms with E-state index in [0.29, 0.717) is 16.5 Å². The number of aliphatic hydroxyl groups is 1. The van der Waals surface area contributed by atoms with Crippen molar-refractivity contribution < 1.29 is 14.6 Å². The summed E-state index contributed by atoms with van der Waals surface area (Å²) in [6, 6.07) is 2.78. The first-order chi connectivity index (χ1) is 5.65. The summed E-state index contributed by atoms with van der Waals surface area (Å²) in [5, 5.41) is 17.6. The van der Waals surface area contributed by atoms with E-state index >= 15 is 0 Å².